The van der Waals surface area contributed by atoms with Gasteiger partial charge >= 0.3 is 5.97 Å². The van der Waals surface area contributed by atoms with Gasteiger partial charge in [0.2, 0.25) is 5.76 Å². The monoisotopic (exact) mass is 299 g/mol. The molecule has 1 heterocycles. The Balaban J connectivity index is 2.32. The number of carbonyl (C=O) groups excluding carboxylic acids is 1. The second-order valence-electron chi connectivity index (χ2n) is 4.87. The molecule has 0 aliphatic carbocycles. The van der Waals surface area contributed by atoms with Gasteiger partial charge in [0.15, 0.2) is 5.78 Å². The number of aliphatic hydroxyl groups excluding tert-OH is 1. The minimum atomic E-state index is -1.53. The second-order valence-corrected chi connectivity index (χ2v) is 4.87. The number of rotatable bonds is 6. The van der Waals surface area contributed by atoms with E-state index in [1.165, 1.54) is 6.08 Å². The standard InChI is InChI=1S/C17H17NO4/c1-2-9-18-11-12(14-5-3-4-6-15(14)18)7-8-13(19)10-16(20)17(21)22/h3-8,10-11,20H,2,9H2,1H3,(H,21,22)/b8-7+,16-10-. The van der Waals surface area contributed by atoms with Crippen molar-refractivity contribution in [2.24, 2.45) is 0 Å². The molecule has 1 aromatic heterocycles. The van der Waals surface area contributed by atoms with Crippen LogP contribution in [0.5, 0.6) is 0 Å². The van der Waals surface area contributed by atoms with Gasteiger partial charge in [0.05, 0.1) is 0 Å². The molecule has 0 radical (unpaired) electrons. The van der Waals surface area contributed by atoms with Crippen LogP contribution < -0.4 is 0 Å². The first-order valence-electron chi connectivity index (χ1n) is 6.96. The third kappa shape index (κ3) is 3.44. The highest BCUT2D eigenvalue weighted by Crippen LogP contribution is 2.22. The van der Waals surface area contributed by atoms with Gasteiger partial charge in [-0.1, -0.05) is 25.1 Å². The minimum absolute atomic E-state index is 0.577. The molecule has 1 aromatic carbocycles. The van der Waals surface area contributed by atoms with Crippen LogP contribution in [0.15, 0.2) is 48.4 Å². The summed E-state index contributed by atoms with van der Waals surface area (Å²) in [6.45, 7) is 2.97. The van der Waals surface area contributed by atoms with Crippen molar-refractivity contribution in [3.63, 3.8) is 0 Å². The minimum Gasteiger partial charge on any atom is -0.502 e. The Labute approximate surface area is 127 Å². The van der Waals surface area contributed by atoms with E-state index < -0.39 is 17.5 Å². The van der Waals surface area contributed by atoms with Crippen molar-refractivity contribution in [1.82, 2.24) is 4.57 Å². The Kier molecular flexibility index (Phi) is 4.78. The van der Waals surface area contributed by atoms with Crippen molar-refractivity contribution < 1.29 is 19.8 Å². The van der Waals surface area contributed by atoms with E-state index >= 15 is 0 Å². The van der Waals surface area contributed by atoms with Gasteiger partial charge in [-0.3, -0.25) is 4.79 Å². The van der Waals surface area contributed by atoms with E-state index in [-0.39, 0.29) is 0 Å². The van der Waals surface area contributed by atoms with Crippen LogP contribution >= 0.6 is 0 Å². The number of allylic oxidation sites excluding steroid dienone is 2. The number of nitrogens with zero attached hydrogens (tertiary/aromatic N) is 1. The first-order valence-corrected chi connectivity index (χ1v) is 6.96. The molecule has 5 nitrogen and oxygen atoms in total. The van der Waals surface area contributed by atoms with Gasteiger partial charge < -0.3 is 14.8 Å². The van der Waals surface area contributed by atoms with E-state index in [2.05, 4.69) is 11.5 Å². The zero-order valence-corrected chi connectivity index (χ0v) is 12.2. The fourth-order valence-corrected chi connectivity index (χ4v) is 2.25. The average molecular weight is 299 g/mol. The highest BCUT2D eigenvalue weighted by atomic mass is 16.4. The molecule has 0 saturated heterocycles. The van der Waals surface area contributed by atoms with E-state index in [9.17, 15) is 9.59 Å². The fraction of sp³-hybridized carbons (Fsp3) is 0.176. The molecular formula is C17H17NO4. The number of carbonyl (C=O) groups is 2. The van der Waals surface area contributed by atoms with Crippen LogP contribution in [-0.2, 0) is 16.1 Å². The molecule has 0 aliphatic rings. The van der Waals surface area contributed by atoms with Gasteiger partial charge in [-0.25, -0.2) is 4.79 Å². The highest BCUT2D eigenvalue weighted by Gasteiger charge is 2.07. The molecule has 2 aromatic rings. The molecule has 0 bridgehead atoms. The fourth-order valence-electron chi connectivity index (χ4n) is 2.25. The third-order valence-electron chi connectivity index (χ3n) is 3.21. The summed E-state index contributed by atoms with van der Waals surface area (Å²) in [5.41, 5.74) is 1.96. The Hall–Kier alpha value is -2.82. The van der Waals surface area contributed by atoms with Gasteiger partial charge in [-0.2, -0.15) is 0 Å². The summed E-state index contributed by atoms with van der Waals surface area (Å²) < 4.78 is 2.12. The normalized spacial score (nSPS) is 12.1. The Morgan fingerprint density at radius 3 is 2.64 bits per heavy atom. The number of hydrogen-bond donors (Lipinski definition) is 2. The van der Waals surface area contributed by atoms with Crippen LogP contribution in [0.2, 0.25) is 0 Å². The van der Waals surface area contributed by atoms with Crippen LogP contribution in [0.25, 0.3) is 17.0 Å². The summed E-state index contributed by atoms with van der Waals surface area (Å²) in [6.07, 6.45) is 6.51. The molecule has 114 valence electrons. The van der Waals surface area contributed by atoms with Gasteiger partial charge in [0, 0.05) is 35.3 Å². The van der Waals surface area contributed by atoms with E-state index in [1.54, 1.807) is 6.08 Å². The number of aliphatic carboxylic acids is 1. The van der Waals surface area contributed by atoms with Gasteiger partial charge in [0.25, 0.3) is 0 Å². The molecule has 2 N–H and O–H groups in total. The topological polar surface area (TPSA) is 79.5 Å². The van der Waals surface area contributed by atoms with Crippen molar-refractivity contribution >= 4 is 28.7 Å². The number of aryl methyl sites for hydroxylation is 1. The van der Waals surface area contributed by atoms with E-state index in [0.717, 1.165) is 29.4 Å². The number of benzene rings is 1. The lowest BCUT2D eigenvalue weighted by Crippen LogP contribution is -2.01. The third-order valence-corrected chi connectivity index (χ3v) is 3.21. The van der Waals surface area contributed by atoms with Gasteiger partial charge in [-0.15, -0.1) is 0 Å². The number of aliphatic hydroxyl groups is 1. The van der Waals surface area contributed by atoms with Crippen LogP contribution in [-0.4, -0.2) is 26.5 Å². The Morgan fingerprint density at radius 2 is 1.95 bits per heavy atom. The predicted octanol–water partition coefficient (Wildman–Crippen LogP) is 3.16. The average Bonchev–Trinajstić information content (AvgIpc) is 2.84. The molecule has 0 atom stereocenters. The number of fused-ring (bicyclic) bond motifs is 1. The van der Waals surface area contributed by atoms with E-state index in [0.29, 0.717) is 6.08 Å². The summed E-state index contributed by atoms with van der Waals surface area (Å²) in [5, 5.41) is 18.6. The quantitative estimate of drug-likeness (QED) is 0.634. The number of aromatic nitrogens is 1. The Bertz CT molecular complexity index is 768. The molecule has 0 aliphatic heterocycles. The zero-order chi connectivity index (χ0) is 16.1. The number of ketones is 1. The van der Waals surface area contributed by atoms with Crippen molar-refractivity contribution in [1.29, 1.82) is 0 Å². The molecule has 2 rings (SSSR count). The summed E-state index contributed by atoms with van der Waals surface area (Å²) in [5.74, 6) is -3.07. The van der Waals surface area contributed by atoms with Crippen molar-refractivity contribution in [2.45, 2.75) is 19.9 Å². The first-order chi connectivity index (χ1) is 10.5. The smallest absolute Gasteiger partial charge is 0.371 e. The molecular weight excluding hydrogens is 282 g/mol. The molecule has 0 fully saturated rings. The number of para-hydroxylation sites is 1. The molecule has 22 heavy (non-hydrogen) atoms. The molecule has 0 spiro atoms. The van der Waals surface area contributed by atoms with Crippen molar-refractivity contribution in [2.75, 3.05) is 0 Å². The molecule has 5 heteroatoms. The van der Waals surface area contributed by atoms with Gasteiger partial charge in [-0.05, 0) is 24.6 Å². The number of hydrogen-bond acceptors (Lipinski definition) is 3. The van der Waals surface area contributed by atoms with Crippen LogP contribution in [0.3, 0.4) is 0 Å². The summed E-state index contributed by atoms with van der Waals surface area (Å²) in [7, 11) is 0. The number of carboxylic acid groups (broad SMARTS) is 1. The lowest BCUT2D eigenvalue weighted by molar-refractivity contribution is -0.135. The lowest BCUT2D eigenvalue weighted by atomic mass is 10.1. The second kappa shape index (κ2) is 6.76. The summed E-state index contributed by atoms with van der Waals surface area (Å²) in [4.78, 5) is 22.1. The molecule has 0 amide bonds. The maximum Gasteiger partial charge on any atom is 0.371 e. The maximum absolute atomic E-state index is 11.6. The van der Waals surface area contributed by atoms with Gasteiger partial charge in [0.1, 0.15) is 0 Å². The van der Waals surface area contributed by atoms with E-state index in [4.69, 9.17) is 10.2 Å². The van der Waals surface area contributed by atoms with Crippen LogP contribution in [0.1, 0.15) is 18.9 Å². The maximum atomic E-state index is 11.6. The SMILES string of the molecule is CCCn1cc(/C=C/C(=O)/C=C(\O)C(=O)O)c2ccccc21. The highest BCUT2D eigenvalue weighted by molar-refractivity contribution is 6.06. The summed E-state index contributed by atoms with van der Waals surface area (Å²) >= 11 is 0. The summed E-state index contributed by atoms with van der Waals surface area (Å²) in [6, 6.07) is 7.87. The van der Waals surface area contributed by atoms with Crippen LogP contribution in [0, 0.1) is 0 Å². The van der Waals surface area contributed by atoms with E-state index in [1.807, 2.05) is 30.5 Å². The largest absolute Gasteiger partial charge is 0.502 e. The number of carboxylic acids is 1. The van der Waals surface area contributed by atoms with Crippen molar-refractivity contribution in [3.05, 3.63) is 53.9 Å². The van der Waals surface area contributed by atoms with Crippen molar-refractivity contribution in [3.8, 4) is 0 Å². The lowest BCUT2D eigenvalue weighted by Gasteiger charge is -2.01. The molecule has 0 unspecified atom stereocenters. The zero-order valence-electron chi connectivity index (χ0n) is 12.2. The first kappa shape index (κ1) is 15.6. The Morgan fingerprint density at radius 1 is 1.23 bits per heavy atom. The molecule has 0 saturated carbocycles. The van der Waals surface area contributed by atoms with Crippen LogP contribution in [0.4, 0.5) is 0 Å². The predicted molar refractivity (Wildman–Crippen MR) is 84.6 cm³/mol.